The molecule has 2 unspecified atom stereocenters. The molecule has 2 aliphatic carbocycles. The monoisotopic (exact) mass is 265 g/mol. The van der Waals surface area contributed by atoms with Crippen molar-refractivity contribution in [3.8, 4) is 0 Å². The molecule has 0 saturated heterocycles. The molecule has 2 fully saturated rings. The van der Waals surface area contributed by atoms with Gasteiger partial charge in [0.2, 0.25) is 0 Å². The maximum absolute atomic E-state index is 14.0. The Morgan fingerprint density at radius 1 is 1.05 bits per heavy atom. The fourth-order valence-corrected chi connectivity index (χ4v) is 3.27. The molecule has 19 heavy (non-hydrogen) atoms. The first-order valence-electron chi connectivity index (χ1n) is 7.42. The van der Waals surface area contributed by atoms with Crippen LogP contribution in [0.1, 0.15) is 50.0 Å². The summed E-state index contributed by atoms with van der Waals surface area (Å²) in [7, 11) is 0. The molecule has 0 bridgehead atoms. The first kappa shape index (κ1) is 13.0. The van der Waals surface area contributed by atoms with Crippen LogP contribution in [-0.2, 0) is 0 Å². The Balaban J connectivity index is 1.75. The third-order valence-corrected chi connectivity index (χ3v) is 4.51. The lowest BCUT2D eigenvalue weighted by Crippen LogP contribution is -2.31. The van der Waals surface area contributed by atoms with Crippen molar-refractivity contribution in [3.05, 3.63) is 35.4 Å². The summed E-state index contributed by atoms with van der Waals surface area (Å²) in [4.78, 5) is 0. The first-order valence-corrected chi connectivity index (χ1v) is 7.42. The van der Waals surface area contributed by atoms with Gasteiger partial charge in [0.15, 0.2) is 0 Å². The van der Waals surface area contributed by atoms with Crippen molar-refractivity contribution in [2.24, 2.45) is 5.92 Å². The molecule has 3 rings (SSSR count). The van der Waals surface area contributed by atoms with Gasteiger partial charge in [-0.3, -0.25) is 0 Å². The normalized spacial score (nSPS) is 27.5. The van der Waals surface area contributed by atoms with Crippen molar-refractivity contribution in [1.29, 1.82) is 0 Å². The van der Waals surface area contributed by atoms with Gasteiger partial charge in [0.05, 0.1) is 0 Å². The number of hydrogen-bond acceptors (Lipinski definition) is 1. The average molecular weight is 265 g/mol. The van der Waals surface area contributed by atoms with Crippen LogP contribution in [0.15, 0.2) is 18.2 Å². The number of hydrogen-bond donors (Lipinski definition) is 1. The predicted molar refractivity (Wildman–Crippen MR) is 72.1 cm³/mol. The predicted octanol–water partition coefficient (Wildman–Crippen LogP) is 3.99. The van der Waals surface area contributed by atoms with Gasteiger partial charge in [-0.25, -0.2) is 8.78 Å². The largest absolute Gasteiger partial charge is 0.314 e. The minimum absolute atomic E-state index is 0.177. The molecule has 1 nitrogen and oxygen atoms in total. The molecular formula is C16H21F2N. The van der Waals surface area contributed by atoms with Gasteiger partial charge < -0.3 is 5.32 Å². The second-order valence-corrected chi connectivity index (χ2v) is 6.00. The lowest BCUT2D eigenvalue weighted by atomic mass is 9.75. The summed E-state index contributed by atoms with van der Waals surface area (Å²) in [6.45, 7) is 0.950. The van der Waals surface area contributed by atoms with Crippen molar-refractivity contribution in [1.82, 2.24) is 5.32 Å². The summed E-state index contributed by atoms with van der Waals surface area (Å²) in [5, 5.41) is 3.54. The molecule has 2 aliphatic rings. The lowest BCUT2D eigenvalue weighted by molar-refractivity contribution is 0.289. The molecule has 2 saturated carbocycles. The molecular weight excluding hydrogens is 244 g/mol. The fourth-order valence-electron chi connectivity index (χ4n) is 3.27. The van der Waals surface area contributed by atoms with Crippen molar-refractivity contribution in [2.75, 3.05) is 6.54 Å². The number of nitrogens with one attached hydrogen (secondary N) is 1. The molecule has 0 aliphatic heterocycles. The van der Waals surface area contributed by atoms with E-state index in [1.165, 1.54) is 37.5 Å². The fraction of sp³-hybridized carbons (Fsp3) is 0.625. The van der Waals surface area contributed by atoms with Crippen LogP contribution in [0.4, 0.5) is 8.78 Å². The number of halogens is 2. The first-order chi connectivity index (χ1) is 9.24. The zero-order chi connectivity index (χ0) is 13.2. The van der Waals surface area contributed by atoms with Gasteiger partial charge >= 0.3 is 0 Å². The van der Waals surface area contributed by atoms with E-state index >= 15 is 0 Å². The maximum Gasteiger partial charge on any atom is 0.126 e. The van der Waals surface area contributed by atoms with Gasteiger partial charge in [-0.1, -0.05) is 12.8 Å². The van der Waals surface area contributed by atoms with Crippen LogP contribution in [-0.4, -0.2) is 12.6 Å². The maximum atomic E-state index is 14.0. The Hall–Kier alpha value is -0.960. The highest BCUT2D eigenvalue weighted by atomic mass is 19.1. The van der Waals surface area contributed by atoms with E-state index in [0.717, 1.165) is 25.8 Å². The minimum Gasteiger partial charge on any atom is -0.314 e. The van der Waals surface area contributed by atoms with Gasteiger partial charge in [-0.15, -0.1) is 0 Å². The van der Waals surface area contributed by atoms with Crippen LogP contribution in [0, 0.1) is 17.6 Å². The Morgan fingerprint density at radius 2 is 1.84 bits per heavy atom. The van der Waals surface area contributed by atoms with E-state index in [-0.39, 0.29) is 17.6 Å². The molecule has 0 radical (unpaired) electrons. The highest BCUT2D eigenvalue weighted by Gasteiger charge is 2.30. The molecule has 3 heteroatoms. The lowest BCUT2D eigenvalue weighted by Gasteiger charge is -2.32. The number of rotatable bonds is 4. The summed E-state index contributed by atoms with van der Waals surface area (Å²) >= 11 is 0. The van der Waals surface area contributed by atoms with Crippen LogP contribution in [0.2, 0.25) is 0 Å². The highest BCUT2D eigenvalue weighted by molar-refractivity contribution is 5.24. The zero-order valence-corrected chi connectivity index (χ0v) is 11.2. The van der Waals surface area contributed by atoms with E-state index < -0.39 is 0 Å². The average Bonchev–Trinajstić information content (AvgIpc) is 3.24. The number of benzene rings is 1. The van der Waals surface area contributed by atoms with Gasteiger partial charge in [0.25, 0.3) is 0 Å². The van der Waals surface area contributed by atoms with E-state index in [4.69, 9.17) is 0 Å². The summed E-state index contributed by atoms with van der Waals surface area (Å²) in [5.74, 6) is 0.0574. The van der Waals surface area contributed by atoms with E-state index in [0.29, 0.717) is 17.5 Å². The van der Waals surface area contributed by atoms with Crippen molar-refractivity contribution in [2.45, 2.75) is 50.5 Å². The Morgan fingerprint density at radius 3 is 2.63 bits per heavy atom. The van der Waals surface area contributed by atoms with E-state index in [1.54, 1.807) is 0 Å². The van der Waals surface area contributed by atoms with E-state index in [2.05, 4.69) is 5.32 Å². The Labute approximate surface area is 113 Å². The van der Waals surface area contributed by atoms with E-state index in [9.17, 15) is 8.78 Å². The molecule has 1 N–H and O–H groups in total. The summed E-state index contributed by atoms with van der Waals surface area (Å²) in [6, 6.07) is 4.55. The Kier molecular flexibility index (Phi) is 3.83. The van der Waals surface area contributed by atoms with Crippen LogP contribution in [0.5, 0.6) is 0 Å². The highest BCUT2D eigenvalue weighted by Crippen LogP contribution is 2.39. The van der Waals surface area contributed by atoms with Crippen LogP contribution in [0.3, 0.4) is 0 Å². The molecule has 1 aromatic carbocycles. The van der Waals surface area contributed by atoms with Crippen molar-refractivity contribution >= 4 is 0 Å². The third kappa shape index (κ3) is 3.14. The second kappa shape index (κ2) is 5.58. The minimum atomic E-state index is -0.323. The summed E-state index contributed by atoms with van der Waals surface area (Å²) < 4.78 is 27.3. The Bertz CT molecular complexity index is 442. The van der Waals surface area contributed by atoms with Gasteiger partial charge in [0, 0.05) is 6.04 Å². The van der Waals surface area contributed by atoms with Crippen LogP contribution < -0.4 is 5.32 Å². The second-order valence-electron chi connectivity index (χ2n) is 6.00. The topological polar surface area (TPSA) is 12.0 Å². The van der Waals surface area contributed by atoms with Crippen molar-refractivity contribution in [3.63, 3.8) is 0 Å². The summed E-state index contributed by atoms with van der Waals surface area (Å²) in [5.41, 5.74) is 0.585. The quantitative estimate of drug-likeness (QED) is 0.868. The molecule has 104 valence electrons. The van der Waals surface area contributed by atoms with E-state index in [1.807, 2.05) is 0 Å². The van der Waals surface area contributed by atoms with Crippen LogP contribution in [0.25, 0.3) is 0 Å². The third-order valence-electron chi connectivity index (χ3n) is 4.51. The van der Waals surface area contributed by atoms with Crippen molar-refractivity contribution < 1.29 is 8.78 Å². The smallest absolute Gasteiger partial charge is 0.126 e. The molecule has 0 heterocycles. The molecule has 1 aromatic rings. The molecule has 0 aromatic heterocycles. The van der Waals surface area contributed by atoms with Gasteiger partial charge in [-0.2, -0.15) is 0 Å². The van der Waals surface area contributed by atoms with Gasteiger partial charge in [-0.05, 0) is 67.8 Å². The molecule has 2 atom stereocenters. The van der Waals surface area contributed by atoms with Crippen LogP contribution >= 0.6 is 0 Å². The molecule has 0 spiro atoms. The SMILES string of the molecule is Fc1ccc(F)c(C2CCCCC2CNC2CC2)c1. The zero-order valence-electron chi connectivity index (χ0n) is 11.2. The molecule has 0 amide bonds. The van der Waals surface area contributed by atoms with Gasteiger partial charge in [0.1, 0.15) is 11.6 Å². The standard InChI is InChI=1S/C16H21F2N/c17-12-5-8-16(18)15(9-12)14-4-2-1-3-11(14)10-19-13-6-7-13/h5,8-9,11,13-14,19H,1-4,6-7,10H2. The summed E-state index contributed by atoms with van der Waals surface area (Å²) in [6.07, 6.45) is 6.99.